The Hall–Kier alpha value is -1.29. The normalized spacial score (nSPS) is 12.8. The maximum atomic E-state index is 10.3. The number of nitrogens with one attached hydrogen (secondary N) is 1. The first-order valence-corrected chi connectivity index (χ1v) is 4.56. The number of hydrogen-bond donors (Lipinski definition) is 3. The average Bonchev–Trinajstić information content (AvgIpc) is 2.41. The Morgan fingerprint density at radius 3 is 2.64 bits per heavy atom. The molecule has 78 valence electrons. The standard InChI is InChI=1S/C10H15NO3/c1-6-5-8(7(2)11-6)9(12)3-4-10(13)14/h5,9,11-12H,3-4H2,1-2H3,(H,13,14). The van der Waals surface area contributed by atoms with Crippen molar-refractivity contribution in [3.63, 3.8) is 0 Å². The van der Waals surface area contributed by atoms with Crippen LogP contribution in [0, 0.1) is 13.8 Å². The first-order valence-electron chi connectivity index (χ1n) is 4.56. The second kappa shape index (κ2) is 4.28. The summed E-state index contributed by atoms with van der Waals surface area (Å²) in [5.41, 5.74) is 2.68. The van der Waals surface area contributed by atoms with Crippen LogP contribution in [0.5, 0.6) is 0 Å². The lowest BCUT2D eigenvalue weighted by Gasteiger charge is -2.07. The predicted octanol–water partition coefficient (Wildman–Crippen LogP) is 1.53. The third kappa shape index (κ3) is 2.60. The molecule has 0 aromatic carbocycles. The predicted molar refractivity (Wildman–Crippen MR) is 52.1 cm³/mol. The summed E-state index contributed by atoms with van der Waals surface area (Å²) in [4.78, 5) is 13.4. The Balaban J connectivity index is 2.64. The van der Waals surface area contributed by atoms with Crippen molar-refractivity contribution in [2.75, 3.05) is 0 Å². The first kappa shape index (κ1) is 10.8. The minimum atomic E-state index is -0.881. The average molecular weight is 197 g/mol. The van der Waals surface area contributed by atoms with Gasteiger partial charge in [0, 0.05) is 23.4 Å². The van der Waals surface area contributed by atoms with Gasteiger partial charge in [-0.15, -0.1) is 0 Å². The highest BCUT2D eigenvalue weighted by atomic mass is 16.4. The number of rotatable bonds is 4. The topological polar surface area (TPSA) is 73.3 Å². The SMILES string of the molecule is Cc1cc(C(O)CCC(=O)O)c(C)[nH]1. The van der Waals surface area contributed by atoms with E-state index in [-0.39, 0.29) is 12.8 Å². The number of carboxylic acids is 1. The van der Waals surface area contributed by atoms with Gasteiger partial charge in [-0.1, -0.05) is 0 Å². The molecule has 1 atom stereocenters. The number of aromatic amines is 1. The van der Waals surface area contributed by atoms with E-state index < -0.39 is 12.1 Å². The zero-order valence-corrected chi connectivity index (χ0v) is 8.37. The summed E-state index contributed by atoms with van der Waals surface area (Å²) in [5.74, 6) is -0.881. The molecule has 0 amide bonds. The van der Waals surface area contributed by atoms with E-state index in [2.05, 4.69) is 4.98 Å². The summed E-state index contributed by atoms with van der Waals surface area (Å²) in [6.07, 6.45) is -0.436. The Labute approximate surface area is 82.6 Å². The van der Waals surface area contributed by atoms with Crippen molar-refractivity contribution in [3.05, 3.63) is 23.0 Å². The van der Waals surface area contributed by atoms with E-state index >= 15 is 0 Å². The molecule has 1 aromatic rings. The van der Waals surface area contributed by atoms with Crippen LogP contribution >= 0.6 is 0 Å². The molecule has 0 aliphatic carbocycles. The van der Waals surface area contributed by atoms with Gasteiger partial charge in [-0.25, -0.2) is 0 Å². The monoisotopic (exact) mass is 197 g/mol. The minimum absolute atomic E-state index is 0.00909. The lowest BCUT2D eigenvalue weighted by atomic mass is 10.1. The van der Waals surface area contributed by atoms with E-state index in [0.29, 0.717) is 0 Å². The molecule has 0 saturated carbocycles. The molecule has 14 heavy (non-hydrogen) atoms. The van der Waals surface area contributed by atoms with Crippen LogP contribution in [-0.2, 0) is 4.79 Å². The van der Waals surface area contributed by atoms with Gasteiger partial charge >= 0.3 is 5.97 Å². The maximum Gasteiger partial charge on any atom is 0.303 e. The molecule has 4 nitrogen and oxygen atoms in total. The fraction of sp³-hybridized carbons (Fsp3) is 0.500. The number of aryl methyl sites for hydroxylation is 2. The van der Waals surface area contributed by atoms with Crippen molar-refractivity contribution in [3.8, 4) is 0 Å². The van der Waals surface area contributed by atoms with E-state index in [1.807, 2.05) is 19.9 Å². The van der Waals surface area contributed by atoms with Crippen LogP contribution in [0.2, 0.25) is 0 Å². The molecule has 1 unspecified atom stereocenters. The largest absolute Gasteiger partial charge is 0.481 e. The van der Waals surface area contributed by atoms with Gasteiger partial charge in [0.15, 0.2) is 0 Å². The summed E-state index contributed by atoms with van der Waals surface area (Å²) < 4.78 is 0. The molecule has 0 aliphatic heterocycles. The van der Waals surface area contributed by atoms with Crippen LogP contribution in [0.25, 0.3) is 0 Å². The molecule has 0 aliphatic rings. The Bertz CT molecular complexity index is 330. The Morgan fingerprint density at radius 1 is 1.57 bits per heavy atom. The van der Waals surface area contributed by atoms with Gasteiger partial charge in [0.1, 0.15) is 0 Å². The number of carboxylic acid groups (broad SMARTS) is 1. The Morgan fingerprint density at radius 2 is 2.21 bits per heavy atom. The van der Waals surface area contributed by atoms with Crippen LogP contribution in [0.4, 0.5) is 0 Å². The highest BCUT2D eigenvalue weighted by Gasteiger charge is 2.13. The van der Waals surface area contributed by atoms with Gasteiger partial charge in [0.2, 0.25) is 0 Å². The van der Waals surface area contributed by atoms with Crippen molar-refractivity contribution in [2.45, 2.75) is 32.8 Å². The first-order chi connectivity index (χ1) is 6.50. The van der Waals surface area contributed by atoms with Crippen LogP contribution < -0.4 is 0 Å². The number of hydrogen-bond acceptors (Lipinski definition) is 2. The maximum absolute atomic E-state index is 10.3. The van der Waals surface area contributed by atoms with E-state index in [4.69, 9.17) is 5.11 Å². The van der Waals surface area contributed by atoms with Crippen LogP contribution in [-0.4, -0.2) is 21.2 Å². The van der Waals surface area contributed by atoms with E-state index in [1.54, 1.807) is 0 Å². The van der Waals surface area contributed by atoms with Gasteiger partial charge < -0.3 is 15.2 Å². The molecular formula is C10H15NO3. The smallest absolute Gasteiger partial charge is 0.303 e. The molecular weight excluding hydrogens is 182 g/mol. The summed E-state index contributed by atoms with van der Waals surface area (Å²) in [6.45, 7) is 3.77. The molecule has 0 radical (unpaired) electrons. The second-order valence-electron chi connectivity index (χ2n) is 3.48. The molecule has 0 bridgehead atoms. The van der Waals surface area contributed by atoms with Gasteiger partial charge in [0.05, 0.1) is 6.10 Å². The quantitative estimate of drug-likeness (QED) is 0.685. The van der Waals surface area contributed by atoms with Crippen molar-refractivity contribution in [1.29, 1.82) is 0 Å². The second-order valence-corrected chi connectivity index (χ2v) is 3.48. The lowest BCUT2D eigenvalue weighted by molar-refractivity contribution is -0.137. The highest BCUT2D eigenvalue weighted by molar-refractivity contribution is 5.66. The molecule has 0 spiro atoms. The molecule has 1 heterocycles. The summed E-state index contributed by atoms with van der Waals surface area (Å²) in [7, 11) is 0. The van der Waals surface area contributed by atoms with Crippen LogP contribution in [0.15, 0.2) is 6.07 Å². The summed E-state index contributed by atoms with van der Waals surface area (Å²) in [6, 6.07) is 1.85. The minimum Gasteiger partial charge on any atom is -0.481 e. The molecule has 4 heteroatoms. The fourth-order valence-electron chi connectivity index (χ4n) is 1.51. The lowest BCUT2D eigenvalue weighted by Crippen LogP contribution is -2.02. The number of aromatic nitrogens is 1. The van der Waals surface area contributed by atoms with Crippen LogP contribution in [0.3, 0.4) is 0 Å². The number of H-pyrrole nitrogens is 1. The number of aliphatic hydroxyl groups excluding tert-OH is 1. The van der Waals surface area contributed by atoms with Crippen molar-refractivity contribution < 1.29 is 15.0 Å². The van der Waals surface area contributed by atoms with Gasteiger partial charge in [0.25, 0.3) is 0 Å². The number of aliphatic hydroxyl groups is 1. The third-order valence-electron chi connectivity index (χ3n) is 2.18. The Kier molecular flexibility index (Phi) is 3.30. The molecule has 0 saturated heterocycles. The zero-order chi connectivity index (χ0) is 10.7. The number of carbonyl (C=O) groups is 1. The molecule has 1 aromatic heterocycles. The van der Waals surface area contributed by atoms with E-state index in [1.165, 1.54) is 0 Å². The third-order valence-corrected chi connectivity index (χ3v) is 2.18. The van der Waals surface area contributed by atoms with E-state index in [9.17, 15) is 9.90 Å². The van der Waals surface area contributed by atoms with Crippen molar-refractivity contribution in [1.82, 2.24) is 4.98 Å². The molecule has 1 rings (SSSR count). The highest BCUT2D eigenvalue weighted by Crippen LogP contribution is 2.22. The fourth-order valence-corrected chi connectivity index (χ4v) is 1.51. The van der Waals surface area contributed by atoms with Gasteiger partial charge in [-0.3, -0.25) is 4.79 Å². The van der Waals surface area contributed by atoms with Gasteiger partial charge in [-0.2, -0.15) is 0 Å². The molecule has 0 fully saturated rings. The van der Waals surface area contributed by atoms with Gasteiger partial charge in [-0.05, 0) is 26.3 Å². The number of aliphatic carboxylic acids is 1. The zero-order valence-electron chi connectivity index (χ0n) is 8.37. The summed E-state index contributed by atoms with van der Waals surface area (Å²) in [5, 5.41) is 18.1. The summed E-state index contributed by atoms with van der Waals surface area (Å²) >= 11 is 0. The van der Waals surface area contributed by atoms with Crippen molar-refractivity contribution >= 4 is 5.97 Å². The van der Waals surface area contributed by atoms with E-state index in [0.717, 1.165) is 17.0 Å². The van der Waals surface area contributed by atoms with Crippen molar-refractivity contribution in [2.24, 2.45) is 0 Å². The molecule has 3 N–H and O–H groups in total. The van der Waals surface area contributed by atoms with Crippen LogP contribution in [0.1, 0.15) is 35.9 Å².